The third-order valence-corrected chi connectivity index (χ3v) is 3.58. The van der Waals surface area contributed by atoms with Crippen molar-refractivity contribution in [1.82, 2.24) is 5.32 Å². The van der Waals surface area contributed by atoms with Crippen molar-refractivity contribution in [2.75, 3.05) is 0 Å². The first kappa shape index (κ1) is 16.5. The largest absolute Gasteiger partial charge is 0.480 e. The van der Waals surface area contributed by atoms with Gasteiger partial charge < -0.3 is 9.52 Å². The minimum atomic E-state index is -0.896. The maximum atomic E-state index is 13.2. The van der Waals surface area contributed by atoms with Crippen molar-refractivity contribution in [3.63, 3.8) is 0 Å². The molecule has 2 N–H and O–H groups in total. The molecule has 0 aliphatic heterocycles. The maximum Gasteiger partial charge on any atom is 0.320 e. The lowest BCUT2D eigenvalue weighted by Crippen LogP contribution is -2.40. The number of carboxylic acid groups (broad SMARTS) is 1. The highest BCUT2D eigenvalue weighted by Gasteiger charge is 2.21. The second-order valence-electron chi connectivity index (χ2n) is 5.34. The van der Waals surface area contributed by atoms with Gasteiger partial charge in [-0.3, -0.25) is 10.1 Å². The first-order valence-electron chi connectivity index (χ1n) is 6.89. The van der Waals surface area contributed by atoms with Crippen LogP contribution in [-0.2, 0) is 11.3 Å². The summed E-state index contributed by atoms with van der Waals surface area (Å²) in [4.78, 5) is 11.1. The summed E-state index contributed by atoms with van der Waals surface area (Å²) < 4.78 is 18.8. The molecule has 0 bridgehead atoms. The van der Waals surface area contributed by atoms with E-state index in [1.165, 1.54) is 12.1 Å². The fourth-order valence-corrected chi connectivity index (χ4v) is 2.28. The summed E-state index contributed by atoms with van der Waals surface area (Å²) >= 11 is 5.75. The number of carbonyl (C=O) groups is 1. The number of benzene rings is 1. The van der Waals surface area contributed by atoms with Crippen LogP contribution in [0.5, 0.6) is 0 Å². The van der Waals surface area contributed by atoms with Gasteiger partial charge in [-0.2, -0.15) is 0 Å². The van der Waals surface area contributed by atoms with E-state index in [9.17, 15) is 9.18 Å². The van der Waals surface area contributed by atoms with Crippen LogP contribution < -0.4 is 5.32 Å². The van der Waals surface area contributed by atoms with Crippen LogP contribution in [0.25, 0.3) is 11.3 Å². The Bertz CT molecular complexity index is 669. The topological polar surface area (TPSA) is 62.5 Å². The van der Waals surface area contributed by atoms with Gasteiger partial charge in [-0.15, -0.1) is 0 Å². The third kappa shape index (κ3) is 3.87. The zero-order valence-corrected chi connectivity index (χ0v) is 13.0. The Morgan fingerprint density at radius 3 is 2.68 bits per heavy atom. The lowest BCUT2D eigenvalue weighted by Gasteiger charge is -2.16. The average Bonchev–Trinajstić information content (AvgIpc) is 2.90. The molecule has 0 fully saturated rings. The summed E-state index contributed by atoms with van der Waals surface area (Å²) in [6.45, 7) is 3.96. The van der Waals surface area contributed by atoms with Crippen molar-refractivity contribution >= 4 is 17.6 Å². The molecule has 2 aromatic rings. The van der Waals surface area contributed by atoms with Crippen LogP contribution in [0.1, 0.15) is 19.6 Å². The van der Waals surface area contributed by atoms with Crippen LogP contribution in [-0.4, -0.2) is 17.1 Å². The van der Waals surface area contributed by atoms with Gasteiger partial charge in [0.25, 0.3) is 0 Å². The van der Waals surface area contributed by atoms with Crippen molar-refractivity contribution in [2.45, 2.75) is 26.4 Å². The van der Waals surface area contributed by atoms with E-state index in [-0.39, 0.29) is 10.9 Å². The lowest BCUT2D eigenvalue weighted by molar-refractivity contribution is -0.140. The molecule has 1 aromatic carbocycles. The van der Waals surface area contributed by atoms with Crippen molar-refractivity contribution in [2.24, 2.45) is 5.92 Å². The minimum Gasteiger partial charge on any atom is -0.480 e. The van der Waals surface area contributed by atoms with Gasteiger partial charge in [-0.25, -0.2) is 4.39 Å². The number of halogens is 2. The number of rotatable bonds is 6. The fraction of sp³-hybridized carbons (Fsp3) is 0.312. The molecular formula is C16H17ClFNO3. The predicted molar refractivity (Wildman–Crippen MR) is 82.2 cm³/mol. The standard InChI is InChI=1S/C16H17ClFNO3/c1-9(2)15(16(20)21)19-8-11-4-6-14(22-11)10-3-5-13(18)12(17)7-10/h3-7,9,15,19H,8H2,1-2H3,(H,20,21). The first-order chi connectivity index (χ1) is 10.4. The molecular weight excluding hydrogens is 309 g/mol. The van der Waals surface area contributed by atoms with E-state index in [1.54, 1.807) is 18.2 Å². The highest BCUT2D eigenvalue weighted by Crippen LogP contribution is 2.26. The van der Waals surface area contributed by atoms with Crippen LogP contribution in [0.15, 0.2) is 34.7 Å². The predicted octanol–water partition coefficient (Wildman–Crippen LogP) is 3.94. The zero-order chi connectivity index (χ0) is 16.3. The number of aliphatic carboxylic acids is 1. The van der Waals surface area contributed by atoms with E-state index in [0.29, 0.717) is 23.6 Å². The summed E-state index contributed by atoms with van der Waals surface area (Å²) in [5, 5.41) is 12.1. The summed E-state index contributed by atoms with van der Waals surface area (Å²) in [6.07, 6.45) is 0. The van der Waals surface area contributed by atoms with Gasteiger partial charge >= 0.3 is 5.97 Å². The summed E-state index contributed by atoms with van der Waals surface area (Å²) in [6, 6.07) is 7.18. The smallest absolute Gasteiger partial charge is 0.320 e. The molecule has 6 heteroatoms. The molecule has 0 aliphatic rings. The Balaban J connectivity index is 2.08. The average molecular weight is 326 g/mol. The van der Waals surface area contributed by atoms with E-state index in [2.05, 4.69) is 5.32 Å². The molecule has 1 heterocycles. The van der Waals surface area contributed by atoms with Crippen LogP contribution in [0.2, 0.25) is 5.02 Å². The summed E-state index contributed by atoms with van der Waals surface area (Å²) in [7, 11) is 0. The van der Waals surface area contributed by atoms with Gasteiger partial charge in [0.1, 0.15) is 23.4 Å². The van der Waals surface area contributed by atoms with Gasteiger partial charge in [-0.1, -0.05) is 25.4 Å². The van der Waals surface area contributed by atoms with E-state index in [1.807, 2.05) is 13.8 Å². The van der Waals surface area contributed by atoms with E-state index in [4.69, 9.17) is 21.1 Å². The zero-order valence-electron chi connectivity index (χ0n) is 12.3. The SMILES string of the molecule is CC(C)C(NCc1ccc(-c2ccc(F)c(Cl)c2)o1)C(=O)O. The van der Waals surface area contributed by atoms with Crippen molar-refractivity contribution in [1.29, 1.82) is 0 Å². The Morgan fingerprint density at radius 2 is 2.09 bits per heavy atom. The maximum absolute atomic E-state index is 13.2. The molecule has 0 radical (unpaired) electrons. The van der Waals surface area contributed by atoms with E-state index in [0.717, 1.165) is 0 Å². The van der Waals surface area contributed by atoms with Gasteiger partial charge in [0.15, 0.2) is 0 Å². The molecule has 1 unspecified atom stereocenters. The number of carboxylic acids is 1. The normalized spacial score (nSPS) is 12.6. The van der Waals surface area contributed by atoms with E-state index < -0.39 is 17.8 Å². The highest BCUT2D eigenvalue weighted by atomic mass is 35.5. The highest BCUT2D eigenvalue weighted by molar-refractivity contribution is 6.31. The summed E-state index contributed by atoms with van der Waals surface area (Å²) in [5.74, 6) is -0.271. The van der Waals surface area contributed by atoms with Crippen LogP contribution in [0, 0.1) is 11.7 Å². The first-order valence-corrected chi connectivity index (χ1v) is 7.26. The van der Waals surface area contributed by atoms with Gasteiger partial charge in [0.05, 0.1) is 11.6 Å². The molecule has 22 heavy (non-hydrogen) atoms. The van der Waals surface area contributed by atoms with Crippen molar-refractivity contribution < 1.29 is 18.7 Å². The quantitative estimate of drug-likeness (QED) is 0.844. The Morgan fingerprint density at radius 1 is 1.36 bits per heavy atom. The van der Waals surface area contributed by atoms with Crippen LogP contribution in [0.3, 0.4) is 0 Å². The van der Waals surface area contributed by atoms with Gasteiger partial charge in [0.2, 0.25) is 0 Å². The fourth-order valence-electron chi connectivity index (χ4n) is 2.10. The molecule has 0 spiro atoms. The van der Waals surface area contributed by atoms with Gasteiger partial charge in [-0.05, 0) is 36.2 Å². The molecule has 2 rings (SSSR count). The number of hydrogen-bond donors (Lipinski definition) is 2. The van der Waals surface area contributed by atoms with Crippen molar-refractivity contribution in [3.8, 4) is 11.3 Å². The minimum absolute atomic E-state index is 0.0272. The molecule has 0 saturated heterocycles. The van der Waals surface area contributed by atoms with E-state index >= 15 is 0 Å². The molecule has 4 nitrogen and oxygen atoms in total. The number of nitrogens with one attached hydrogen (secondary N) is 1. The second kappa shape index (κ2) is 6.94. The molecule has 1 aromatic heterocycles. The second-order valence-corrected chi connectivity index (χ2v) is 5.74. The van der Waals surface area contributed by atoms with Crippen molar-refractivity contribution in [3.05, 3.63) is 46.9 Å². The number of hydrogen-bond acceptors (Lipinski definition) is 3. The number of furan rings is 1. The molecule has 0 aliphatic carbocycles. The third-order valence-electron chi connectivity index (χ3n) is 3.29. The molecule has 118 valence electrons. The summed E-state index contributed by atoms with van der Waals surface area (Å²) in [5.41, 5.74) is 0.663. The van der Waals surface area contributed by atoms with Gasteiger partial charge in [0, 0.05) is 5.56 Å². The monoisotopic (exact) mass is 325 g/mol. The van der Waals surface area contributed by atoms with Crippen LogP contribution >= 0.6 is 11.6 Å². The molecule has 1 atom stereocenters. The van der Waals surface area contributed by atoms with Crippen LogP contribution in [0.4, 0.5) is 4.39 Å². The Kier molecular flexibility index (Phi) is 5.21. The Hall–Kier alpha value is -1.85. The Labute approximate surface area is 132 Å². The molecule has 0 saturated carbocycles. The molecule has 0 amide bonds. The lowest BCUT2D eigenvalue weighted by atomic mass is 10.1.